The summed E-state index contributed by atoms with van der Waals surface area (Å²) in [6.45, 7) is -0.179. The SMILES string of the molecule is COCCN(CCN)C(=O)C(F)(F)F. The van der Waals surface area contributed by atoms with E-state index in [2.05, 4.69) is 4.74 Å². The zero-order valence-electron chi connectivity index (χ0n) is 7.80. The first kappa shape index (κ1) is 13.2. The van der Waals surface area contributed by atoms with Gasteiger partial charge in [0.1, 0.15) is 0 Å². The van der Waals surface area contributed by atoms with E-state index in [0.29, 0.717) is 4.90 Å². The Morgan fingerprint density at radius 1 is 1.43 bits per heavy atom. The molecule has 1 amide bonds. The van der Waals surface area contributed by atoms with Gasteiger partial charge in [-0.3, -0.25) is 4.79 Å². The van der Waals surface area contributed by atoms with Gasteiger partial charge >= 0.3 is 12.1 Å². The Morgan fingerprint density at radius 2 is 2.00 bits per heavy atom. The highest BCUT2D eigenvalue weighted by Gasteiger charge is 2.41. The second-order valence-electron chi connectivity index (χ2n) is 2.57. The number of methoxy groups -OCH3 is 1. The van der Waals surface area contributed by atoms with Crippen molar-refractivity contribution in [1.29, 1.82) is 0 Å². The van der Waals surface area contributed by atoms with E-state index in [1.807, 2.05) is 0 Å². The van der Waals surface area contributed by atoms with Crippen LogP contribution in [0.15, 0.2) is 0 Å². The van der Waals surface area contributed by atoms with E-state index in [1.54, 1.807) is 0 Å². The van der Waals surface area contributed by atoms with Gasteiger partial charge in [0.05, 0.1) is 6.61 Å². The number of nitrogens with zero attached hydrogens (tertiary/aromatic N) is 1. The van der Waals surface area contributed by atoms with Crippen LogP contribution in [0.2, 0.25) is 0 Å². The van der Waals surface area contributed by atoms with Crippen LogP contribution in [0, 0.1) is 0 Å². The average molecular weight is 214 g/mol. The van der Waals surface area contributed by atoms with E-state index in [9.17, 15) is 18.0 Å². The molecule has 0 saturated carbocycles. The number of halogens is 3. The van der Waals surface area contributed by atoms with Crippen molar-refractivity contribution >= 4 is 5.91 Å². The van der Waals surface area contributed by atoms with Gasteiger partial charge in [-0.05, 0) is 0 Å². The second-order valence-corrected chi connectivity index (χ2v) is 2.57. The van der Waals surface area contributed by atoms with Crippen LogP contribution in [-0.2, 0) is 9.53 Å². The fourth-order valence-electron chi connectivity index (χ4n) is 0.851. The summed E-state index contributed by atoms with van der Waals surface area (Å²) in [7, 11) is 1.35. The summed E-state index contributed by atoms with van der Waals surface area (Å²) in [6, 6.07) is 0. The van der Waals surface area contributed by atoms with Crippen LogP contribution < -0.4 is 5.73 Å². The molecule has 0 aromatic heterocycles. The molecular formula is C7H13F3N2O2. The molecule has 0 unspecified atom stereocenters. The number of ether oxygens (including phenoxy) is 1. The van der Waals surface area contributed by atoms with Crippen molar-refractivity contribution in [3.8, 4) is 0 Å². The van der Waals surface area contributed by atoms with Gasteiger partial charge < -0.3 is 15.4 Å². The molecule has 0 aliphatic rings. The first-order valence-electron chi connectivity index (χ1n) is 3.98. The lowest BCUT2D eigenvalue weighted by molar-refractivity contribution is -0.185. The van der Waals surface area contributed by atoms with Gasteiger partial charge in [-0.25, -0.2) is 0 Å². The van der Waals surface area contributed by atoms with Gasteiger partial charge in [-0.2, -0.15) is 13.2 Å². The van der Waals surface area contributed by atoms with Crippen LogP contribution >= 0.6 is 0 Å². The summed E-state index contributed by atoms with van der Waals surface area (Å²) >= 11 is 0. The third-order valence-corrected chi connectivity index (χ3v) is 1.49. The van der Waals surface area contributed by atoms with E-state index in [-0.39, 0.29) is 26.2 Å². The maximum absolute atomic E-state index is 12.0. The number of rotatable bonds is 5. The topological polar surface area (TPSA) is 55.6 Å². The standard InChI is InChI=1S/C7H13F3N2O2/c1-14-5-4-12(3-2-11)6(13)7(8,9)10/h2-5,11H2,1H3. The molecule has 0 saturated heterocycles. The summed E-state index contributed by atoms with van der Waals surface area (Å²) < 4.78 is 40.5. The fourth-order valence-corrected chi connectivity index (χ4v) is 0.851. The van der Waals surface area contributed by atoms with Gasteiger partial charge in [0, 0.05) is 26.7 Å². The number of amides is 1. The smallest absolute Gasteiger partial charge is 0.383 e. The lowest BCUT2D eigenvalue weighted by atomic mass is 10.4. The van der Waals surface area contributed by atoms with E-state index in [1.165, 1.54) is 7.11 Å². The van der Waals surface area contributed by atoms with Gasteiger partial charge in [0.15, 0.2) is 0 Å². The number of nitrogens with two attached hydrogens (primary N) is 1. The van der Waals surface area contributed by atoms with Crippen molar-refractivity contribution in [3.05, 3.63) is 0 Å². The highest BCUT2D eigenvalue weighted by Crippen LogP contribution is 2.17. The van der Waals surface area contributed by atoms with Crippen molar-refractivity contribution in [2.45, 2.75) is 6.18 Å². The van der Waals surface area contributed by atoms with E-state index in [4.69, 9.17) is 5.73 Å². The Balaban J connectivity index is 4.25. The fraction of sp³-hybridized carbons (Fsp3) is 0.857. The molecule has 0 aliphatic carbocycles. The molecule has 0 aromatic carbocycles. The van der Waals surface area contributed by atoms with E-state index >= 15 is 0 Å². The molecule has 4 nitrogen and oxygen atoms in total. The van der Waals surface area contributed by atoms with Crippen molar-refractivity contribution in [1.82, 2.24) is 4.90 Å². The average Bonchev–Trinajstić information content (AvgIpc) is 2.09. The van der Waals surface area contributed by atoms with Gasteiger partial charge in [0.2, 0.25) is 0 Å². The van der Waals surface area contributed by atoms with Crippen molar-refractivity contribution in [3.63, 3.8) is 0 Å². The number of alkyl halides is 3. The molecule has 7 heteroatoms. The largest absolute Gasteiger partial charge is 0.471 e. The minimum absolute atomic E-state index is 0.00840. The van der Waals surface area contributed by atoms with E-state index in [0.717, 1.165) is 0 Å². The lowest BCUT2D eigenvalue weighted by Gasteiger charge is -2.22. The molecule has 0 aliphatic heterocycles. The van der Waals surface area contributed by atoms with E-state index < -0.39 is 12.1 Å². The Morgan fingerprint density at radius 3 is 2.36 bits per heavy atom. The summed E-state index contributed by atoms with van der Waals surface area (Å²) in [4.78, 5) is 11.4. The Kier molecular flexibility index (Phi) is 5.47. The van der Waals surface area contributed by atoms with Crippen LogP contribution in [0.4, 0.5) is 13.2 Å². The van der Waals surface area contributed by atoms with Crippen LogP contribution in [0.1, 0.15) is 0 Å². The highest BCUT2D eigenvalue weighted by molar-refractivity contribution is 5.81. The Bertz CT molecular complexity index is 184. The third kappa shape index (κ3) is 4.43. The predicted octanol–water partition coefficient (Wildman–Crippen LogP) is -0.0176. The minimum Gasteiger partial charge on any atom is -0.383 e. The van der Waals surface area contributed by atoms with Crippen molar-refractivity contribution in [2.24, 2.45) is 5.73 Å². The molecule has 14 heavy (non-hydrogen) atoms. The van der Waals surface area contributed by atoms with Gasteiger partial charge in [-0.1, -0.05) is 0 Å². The maximum Gasteiger partial charge on any atom is 0.471 e. The molecule has 0 atom stereocenters. The highest BCUT2D eigenvalue weighted by atomic mass is 19.4. The minimum atomic E-state index is -4.84. The molecular weight excluding hydrogens is 201 g/mol. The van der Waals surface area contributed by atoms with Gasteiger partial charge in [0.25, 0.3) is 0 Å². The second kappa shape index (κ2) is 5.82. The summed E-state index contributed by atoms with van der Waals surface area (Å²) in [5.74, 6) is -1.87. The van der Waals surface area contributed by atoms with Crippen molar-refractivity contribution in [2.75, 3.05) is 33.4 Å². The first-order chi connectivity index (χ1) is 6.43. The lowest BCUT2D eigenvalue weighted by Crippen LogP contribution is -2.44. The zero-order chi connectivity index (χ0) is 11.2. The van der Waals surface area contributed by atoms with Crippen LogP contribution in [0.5, 0.6) is 0 Å². The third-order valence-electron chi connectivity index (χ3n) is 1.49. The summed E-state index contributed by atoms with van der Waals surface area (Å²) in [5, 5.41) is 0. The Labute approximate surface area is 79.8 Å². The van der Waals surface area contributed by atoms with Crippen molar-refractivity contribution < 1.29 is 22.7 Å². The normalized spacial score (nSPS) is 11.5. The monoisotopic (exact) mass is 214 g/mol. The molecule has 0 fully saturated rings. The maximum atomic E-state index is 12.0. The molecule has 0 spiro atoms. The quantitative estimate of drug-likeness (QED) is 0.699. The molecule has 0 rings (SSSR count). The molecule has 0 bridgehead atoms. The number of carbonyl (C=O) groups excluding carboxylic acids is 1. The molecule has 0 radical (unpaired) electrons. The summed E-state index contributed by atoms with van der Waals surface area (Å²) in [5.41, 5.74) is 5.08. The van der Waals surface area contributed by atoms with Crippen LogP contribution in [0.3, 0.4) is 0 Å². The number of carbonyl (C=O) groups is 1. The molecule has 2 N–H and O–H groups in total. The molecule has 0 aromatic rings. The first-order valence-corrected chi connectivity index (χ1v) is 3.98. The zero-order valence-corrected chi connectivity index (χ0v) is 7.80. The van der Waals surface area contributed by atoms with Crippen LogP contribution in [0.25, 0.3) is 0 Å². The summed E-state index contributed by atoms with van der Waals surface area (Å²) in [6.07, 6.45) is -4.84. The predicted molar refractivity (Wildman–Crippen MR) is 43.6 cm³/mol. The number of hydrogen-bond donors (Lipinski definition) is 1. The number of hydrogen-bond acceptors (Lipinski definition) is 3. The van der Waals surface area contributed by atoms with Crippen LogP contribution in [-0.4, -0.2) is 50.3 Å². The van der Waals surface area contributed by atoms with Gasteiger partial charge in [-0.15, -0.1) is 0 Å². The molecule has 84 valence electrons. The Hall–Kier alpha value is -0.820. The molecule has 0 heterocycles.